The van der Waals surface area contributed by atoms with Gasteiger partial charge in [-0.05, 0) is 45.5 Å². The summed E-state index contributed by atoms with van der Waals surface area (Å²) >= 11 is 0. The van der Waals surface area contributed by atoms with Gasteiger partial charge in [-0.15, -0.1) is 0 Å². The van der Waals surface area contributed by atoms with E-state index in [1.807, 2.05) is 22.6 Å². The van der Waals surface area contributed by atoms with E-state index in [-0.39, 0.29) is 5.91 Å². The summed E-state index contributed by atoms with van der Waals surface area (Å²) in [6, 6.07) is 11.0. The Morgan fingerprint density at radius 1 is 1.22 bits per heavy atom. The summed E-state index contributed by atoms with van der Waals surface area (Å²) in [6.45, 7) is 10.6. The molecule has 1 amide bonds. The Kier molecular flexibility index (Phi) is 5.70. The molecule has 1 aliphatic heterocycles. The number of hydrogen-bond donors (Lipinski definition) is 0. The van der Waals surface area contributed by atoms with Crippen molar-refractivity contribution in [1.82, 2.24) is 19.6 Å². The molecule has 3 rings (SSSR count). The molecule has 1 aliphatic rings. The van der Waals surface area contributed by atoms with E-state index in [4.69, 9.17) is 0 Å². The Morgan fingerprint density at radius 3 is 2.44 bits per heavy atom. The first-order chi connectivity index (χ1) is 12.8. The number of likely N-dealkylation sites (N-methyl/N-ethyl adjacent to an activating group) is 1. The molecule has 5 nitrogen and oxygen atoms in total. The van der Waals surface area contributed by atoms with Crippen molar-refractivity contribution in [3.05, 3.63) is 52.8 Å². The molecule has 27 heavy (non-hydrogen) atoms. The predicted octanol–water partition coefficient (Wildman–Crippen LogP) is 3.50. The molecule has 0 unspecified atom stereocenters. The van der Waals surface area contributed by atoms with Gasteiger partial charge in [-0.3, -0.25) is 9.48 Å². The van der Waals surface area contributed by atoms with Crippen LogP contribution in [0.4, 0.5) is 0 Å². The van der Waals surface area contributed by atoms with Gasteiger partial charge < -0.3 is 9.80 Å². The number of likely N-dealkylation sites (tertiary alicyclic amines) is 1. The molecule has 0 saturated carbocycles. The molecule has 146 valence electrons. The molecule has 2 heterocycles. The predicted molar refractivity (Wildman–Crippen MR) is 109 cm³/mol. The van der Waals surface area contributed by atoms with Crippen molar-refractivity contribution in [3.8, 4) is 0 Å². The van der Waals surface area contributed by atoms with E-state index in [0.717, 1.165) is 18.8 Å². The highest BCUT2D eigenvalue weighted by Gasteiger charge is 2.38. The lowest BCUT2D eigenvalue weighted by Crippen LogP contribution is -2.36. The second kappa shape index (κ2) is 7.85. The molecule has 0 N–H and O–H groups in total. The van der Waals surface area contributed by atoms with E-state index < -0.39 is 0 Å². The minimum Gasteiger partial charge on any atom is -0.335 e. The van der Waals surface area contributed by atoms with Gasteiger partial charge in [0.15, 0.2) is 0 Å². The number of aromatic nitrogens is 2. The second-order valence-corrected chi connectivity index (χ2v) is 8.18. The molecule has 1 aromatic heterocycles. The maximum Gasteiger partial charge on any atom is 0.272 e. The van der Waals surface area contributed by atoms with Gasteiger partial charge in [0.05, 0.1) is 5.69 Å². The van der Waals surface area contributed by atoms with Gasteiger partial charge in [0.2, 0.25) is 0 Å². The Morgan fingerprint density at radius 2 is 1.89 bits per heavy atom. The molecule has 2 aromatic rings. The highest BCUT2D eigenvalue weighted by molar-refractivity contribution is 5.93. The molecular weight excluding hydrogens is 336 g/mol. The van der Waals surface area contributed by atoms with Crippen molar-refractivity contribution in [2.24, 2.45) is 0 Å². The maximum absolute atomic E-state index is 13.3. The third kappa shape index (κ3) is 3.93. The third-order valence-corrected chi connectivity index (χ3v) is 5.65. The lowest BCUT2D eigenvalue weighted by atomic mass is 9.93. The van der Waals surface area contributed by atoms with Crippen LogP contribution in [-0.4, -0.2) is 58.7 Å². The Balaban J connectivity index is 1.87. The van der Waals surface area contributed by atoms with Crippen LogP contribution >= 0.6 is 0 Å². The van der Waals surface area contributed by atoms with Gasteiger partial charge in [-0.1, -0.05) is 43.7 Å². The average Bonchev–Trinajstić information content (AvgIpc) is 3.26. The fourth-order valence-electron chi connectivity index (χ4n) is 3.91. The molecule has 0 bridgehead atoms. The molecule has 1 saturated heterocycles. The zero-order valence-electron chi connectivity index (χ0n) is 17.4. The number of aryl methyl sites for hydroxylation is 2. The van der Waals surface area contributed by atoms with Crippen LogP contribution in [0.1, 0.15) is 59.9 Å². The van der Waals surface area contributed by atoms with Crippen LogP contribution in [0.15, 0.2) is 30.3 Å². The first-order valence-corrected chi connectivity index (χ1v) is 9.91. The molecular formula is C22H32N4O. The van der Waals surface area contributed by atoms with E-state index in [9.17, 15) is 4.79 Å². The standard InChI is InChI=1S/C22H32N4O/c1-7-26-20(12-19(23-26)15(2)3)22(27)25-13-18(21(14-25)24(5)6)17-10-8-16(4)9-11-17/h8-12,15,18,21H,7,13-14H2,1-6H3/t18-,21+/m0/s1. The summed E-state index contributed by atoms with van der Waals surface area (Å²) in [5.74, 6) is 0.739. The van der Waals surface area contributed by atoms with Crippen LogP contribution < -0.4 is 0 Å². The molecule has 2 atom stereocenters. The first kappa shape index (κ1) is 19.6. The number of carbonyl (C=O) groups excluding carboxylic acids is 1. The maximum atomic E-state index is 13.3. The zero-order chi connectivity index (χ0) is 19.7. The highest BCUT2D eigenvalue weighted by Crippen LogP contribution is 2.31. The molecule has 0 radical (unpaired) electrons. The lowest BCUT2D eigenvalue weighted by molar-refractivity contribution is 0.0770. The molecule has 1 fully saturated rings. The summed E-state index contributed by atoms with van der Waals surface area (Å²) in [5.41, 5.74) is 4.27. The summed E-state index contributed by atoms with van der Waals surface area (Å²) in [6.07, 6.45) is 0. The summed E-state index contributed by atoms with van der Waals surface area (Å²) in [5, 5.41) is 4.62. The third-order valence-electron chi connectivity index (χ3n) is 5.65. The smallest absolute Gasteiger partial charge is 0.272 e. The minimum atomic E-state index is 0.0951. The highest BCUT2D eigenvalue weighted by atomic mass is 16.2. The zero-order valence-corrected chi connectivity index (χ0v) is 17.4. The molecule has 1 aromatic carbocycles. The largest absolute Gasteiger partial charge is 0.335 e. The number of rotatable bonds is 5. The van der Waals surface area contributed by atoms with Crippen LogP contribution in [0.5, 0.6) is 0 Å². The van der Waals surface area contributed by atoms with Crippen LogP contribution in [0.2, 0.25) is 0 Å². The minimum absolute atomic E-state index is 0.0951. The molecule has 0 aliphatic carbocycles. The van der Waals surface area contributed by atoms with Gasteiger partial charge in [-0.25, -0.2) is 0 Å². The fourth-order valence-corrected chi connectivity index (χ4v) is 3.91. The van der Waals surface area contributed by atoms with Crippen molar-refractivity contribution < 1.29 is 4.79 Å². The van der Waals surface area contributed by atoms with Crippen LogP contribution in [0, 0.1) is 6.92 Å². The van der Waals surface area contributed by atoms with E-state index in [1.165, 1.54) is 11.1 Å². The van der Waals surface area contributed by atoms with Gasteiger partial charge in [0.25, 0.3) is 5.91 Å². The normalized spacial score (nSPS) is 20.1. The van der Waals surface area contributed by atoms with Gasteiger partial charge in [-0.2, -0.15) is 5.10 Å². The quantitative estimate of drug-likeness (QED) is 0.811. The fraction of sp³-hybridized carbons (Fsp3) is 0.545. The number of nitrogens with zero attached hydrogens (tertiary/aromatic N) is 4. The van der Waals surface area contributed by atoms with Gasteiger partial charge in [0, 0.05) is 31.6 Å². The van der Waals surface area contributed by atoms with Crippen molar-refractivity contribution in [1.29, 1.82) is 0 Å². The lowest BCUT2D eigenvalue weighted by Gasteiger charge is -2.25. The van der Waals surface area contributed by atoms with Crippen molar-refractivity contribution in [3.63, 3.8) is 0 Å². The molecule has 5 heteroatoms. The number of benzene rings is 1. The van der Waals surface area contributed by atoms with Crippen molar-refractivity contribution in [2.75, 3.05) is 27.2 Å². The van der Waals surface area contributed by atoms with Gasteiger partial charge in [0.1, 0.15) is 5.69 Å². The van der Waals surface area contributed by atoms with Crippen LogP contribution in [-0.2, 0) is 6.54 Å². The monoisotopic (exact) mass is 368 g/mol. The number of hydrogen-bond acceptors (Lipinski definition) is 3. The SMILES string of the molecule is CCn1nc(C(C)C)cc1C(=O)N1C[C@@H](N(C)C)[C@H](c2ccc(C)cc2)C1. The Labute approximate surface area is 163 Å². The summed E-state index contributed by atoms with van der Waals surface area (Å²) < 4.78 is 1.85. The first-order valence-electron chi connectivity index (χ1n) is 9.91. The molecule has 0 spiro atoms. The Bertz CT molecular complexity index is 791. The second-order valence-electron chi connectivity index (χ2n) is 8.18. The topological polar surface area (TPSA) is 41.4 Å². The average molecular weight is 369 g/mol. The van der Waals surface area contributed by atoms with E-state index >= 15 is 0 Å². The van der Waals surface area contributed by atoms with Gasteiger partial charge >= 0.3 is 0 Å². The number of carbonyl (C=O) groups is 1. The summed E-state index contributed by atoms with van der Waals surface area (Å²) in [4.78, 5) is 17.6. The van der Waals surface area contributed by atoms with E-state index in [0.29, 0.717) is 30.1 Å². The van der Waals surface area contributed by atoms with Crippen molar-refractivity contribution in [2.45, 2.75) is 52.1 Å². The van der Waals surface area contributed by atoms with E-state index in [1.54, 1.807) is 0 Å². The number of amides is 1. The van der Waals surface area contributed by atoms with Crippen LogP contribution in [0.3, 0.4) is 0 Å². The van der Waals surface area contributed by atoms with E-state index in [2.05, 4.69) is 69.1 Å². The van der Waals surface area contributed by atoms with Crippen LogP contribution in [0.25, 0.3) is 0 Å². The Hall–Kier alpha value is -2.14. The summed E-state index contributed by atoms with van der Waals surface area (Å²) in [7, 11) is 4.21. The van der Waals surface area contributed by atoms with Crippen molar-refractivity contribution >= 4 is 5.91 Å².